The van der Waals surface area contributed by atoms with Gasteiger partial charge < -0.3 is 14.6 Å². The van der Waals surface area contributed by atoms with Gasteiger partial charge in [0.2, 0.25) is 0 Å². The fraction of sp³-hybridized carbons (Fsp3) is 0.538. The largest absolute Gasteiger partial charge is 0.508 e. The number of hydrogen-bond acceptors (Lipinski definition) is 3. The van der Waals surface area contributed by atoms with Crippen LogP contribution in [0.5, 0.6) is 11.5 Å². The van der Waals surface area contributed by atoms with E-state index in [0.29, 0.717) is 13.2 Å². The van der Waals surface area contributed by atoms with Crippen LogP contribution >= 0.6 is 0 Å². The fourth-order valence-electron chi connectivity index (χ4n) is 1.72. The Morgan fingerprint density at radius 1 is 1.44 bits per heavy atom. The first-order chi connectivity index (χ1) is 7.81. The second kappa shape index (κ2) is 6.38. The van der Waals surface area contributed by atoms with Crippen molar-refractivity contribution in [1.29, 1.82) is 0 Å². The normalized spacial score (nSPS) is 17.8. The van der Waals surface area contributed by atoms with Gasteiger partial charge in [-0.1, -0.05) is 13.8 Å². The van der Waals surface area contributed by atoms with Crippen LogP contribution in [-0.4, -0.2) is 18.3 Å². The van der Waals surface area contributed by atoms with E-state index in [9.17, 15) is 5.11 Å². The molecule has 90 valence electrons. The molecule has 0 radical (unpaired) electrons. The van der Waals surface area contributed by atoms with E-state index < -0.39 is 0 Å². The van der Waals surface area contributed by atoms with Gasteiger partial charge in [-0.3, -0.25) is 0 Å². The topological polar surface area (TPSA) is 38.7 Å². The second-order valence-corrected chi connectivity index (χ2v) is 3.30. The van der Waals surface area contributed by atoms with Crippen molar-refractivity contribution in [2.75, 3.05) is 13.2 Å². The predicted octanol–water partition coefficient (Wildman–Crippen LogP) is 3.28. The van der Waals surface area contributed by atoms with E-state index >= 15 is 0 Å². The smallest absolute Gasteiger partial charge is 0.125 e. The van der Waals surface area contributed by atoms with Gasteiger partial charge in [0, 0.05) is 18.6 Å². The summed E-state index contributed by atoms with van der Waals surface area (Å²) in [4.78, 5) is 0. The maximum absolute atomic E-state index is 9.36. The second-order valence-electron chi connectivity index (χ2n) is 3.30. The van der Waals surface area contributed by atoms with E-state index in [1.165, 1.54) is 0 Å². The Morgan fingerprint density at radius 3 is 2.88 bits per heavy atom. The summed E-state index contributed by atoms with van der Waals surface area (Å²) < 4.78 is 11.0. The Bertz CT molecular complexity index is 323. The predicted molar refractivity (Wildman–Crippen MR) is 63.9 cm³/mol. The highest BCUT2D eigenvalue weighted by atomic mass is 16.5. The molecule has 0 amide bonds. The number of phenols is 1. The summed E-state index contributed by atoms with van der Waals surface area (Å²) in [6.07, 6.45) is 0.917. The lowest BCUT2D eigenvalue weighted by Gasteiger charge is -2.25. The van der Waals surface area contributed by atoms with Crippen LogP contribution < -0.4 is 4.74 Å². The highest BCUT2D eigenvalue weighted by Crippen LogP contribution is 2.36. The maximum Gasteiger partial charge on any atom is 0.125 e. The molecule has 0 spiro atoms. The van der Waals surface area contributed by atoms with E-state index in [4.69, 9.17) is 9.47 Å². The van der Waals surface area contributed by atoms with Crippen molar-refractivity contribution in [3.63, 3.8) is 0 Å². The molecule has 1 aromatic rings. The molecule has 1 unspecified atom stereocenters. The number of fused-ring (bicyclic) bond motifs is 1. The summed E-state index contributed by atoms with van der Waals surface area (Å²) in [6, 6.07) is 5.14. The molecule has 2 rings (SSSR count). The molecule has 0 aromatic heterocycles. The maximum atomic E-state index is 9.36. The van der Waals surface area contributed by atoms with Crippen LogP contribution in [0, 0.1) is 0 Å². The van der Waals surface area contributed by atoms with Crippen LogP contribution in [0.2, 0.25) is 0 Å². The van der Waals surface area contributed by atoms with Gasteiger partial charge in [-0.2, -0.15) is 0 Å². The van der Waals surface area contributed by atoms with Crippen LogP contribution in [0.25, 0.3) is 0 Å². The van der Waals surface area contributed by atoms with Gasteiger partial charge in [-0.25, -0.2) is 0 Å². The molecule has 16 heavy (non-hydrogen) atoms. The molecular weight excluding hydrogens is 204 g/mol. The van der Waals surface area contributed by atoms with Crippen molar-refractivity contribution in [2.45, 2.75) is 33.3 Å². The molecule has 3 nitrogen and oxygen atoms in total. The third-order valence-corrected chi connectivity index (χ3v) is 2.35. The molecular formula is C13H20O3. The van der Waals surface area contributed by atoms with Crippen LogP contribution in [0.4, 0.5) is 0 Å². The molecule has 1 heterocycles. The van der Waals surface area contributed by atoms with Crippen molar-refractivity contribution in [3.8, 4) is 11.5 Å². The fourth-order valence-corrected chi connectivity index (χ4v) is 1.72. The van der Waals surface area contributed by atoms with Crippen LogP contribution in [0.1, 0.15) is 38.9 Å². The van der Waals surface area contributed by atoms with Gasteiger partial charge in [0.25, 0.3) is 0 Å². The summed E-state index contributed by atoms with van der Waals surface area (Å²) in [6.45, 7) is 7.33. The van der Waals surface area contributed by atoms with Gasteiger partial charge in [0.05, 0.1) is 12.7 Å². The summed E-state index contributed by atoms with van der Waals surface area (Å²) in [5.74, 6) is 1.09. The lowest BCUT2D eigenvalue weighted by Crippen LogP contribution is -2.16. The molecule has 0 saturated carbocycles. The summed E-state index contributed by atoms with van der Waals surface area (Å²) in [5, 5.41) is 9.36. The minimum atomic E-state index is 0.0656. The highest BCUT2D eigenvalue weighted by molar-refractivity contribution is 5.42. The Kier molecular flexibility index (Phi) is 5.12. The number of phenolic OH excluding ortho intramolecular Hbond substituents is 1. The van der Waals surface area contributed by atoms with Gasteiger partial charge in [0.15, 0.2) is 0 Å². The van der Waals surface area contributed by atoms with Crippen molar-refractivity contribution < 1.29 is 14.6 Å². The molecule has 0 bridgehead atoms. The van der Waals surface area contributed by atoms with Crippen LogP contribution in [0.15, 0.2) is 18.2 Å². The average Bonchev–Trinajstić information content (AvgIpc) is 2.33. The quantitative estimate of drug-likeness (QED) is 0.837. The zero-order valence-corrected chi connectivity index (χ0v) is 10.2. The molecule has 1 aliphatic rings. The van der Waals surface area contributed by atoms with Crippen LogP contribution in [0.3, 0.4) is 0 Å². The van der Waals surface area contributed by atoms with Gasteiger partial charge in [0.1, 0.15) is 11.5 Å². The van der Waals surface area contributed by atoms with Crippen molar-refractivity contribution >= 4 is 0 Å². The Hall–Kier alpha value is -1.22. The van der Waals surface area contributed by atoms with Crippen molar-refractivity contribution in [3.05, 3.63) is 23.8 Å². The number of aromatic hydroxyl groups is 1. The van der Waals surface area contributed by atoms with E-state index in [0.717, 1.165) is 17.7 Å². The Balaban J connectivity index is 0.000000606. The van der Waals surface area contributed by atoms with Crippen molar-refractivity contribution in [2.24, 2.45) is 0 Å². The Morgan fingerprint density at radius 2 is 2.19 bits per heavy atom. The molecule has 0 saturated heterocycles. The minimum Gasteiger partial charge on any atom is -0.508 e. The third-order valence-electron chi connectivity index (χ3n) is 2.35. The van der Waals surface area contributed by atoms with E-state index in [1.807, 2.05) is 20.8 Å². The SMILES string of the molecule is CC.CCOC1CCOc2ccc(O)cc21. The first kappa shape index (κ1) is 12.8. The Labute approximate surface area is 97.0 Å². The average molecular weight is 224 g/mol. The summed E-state index contributed by atoms with van der Waals surface area (Å²) >= 11 is 0. The molecule has 1 atom stereocenters. The molecule has 1 aromatic carbocycles. The molecule has 1 N–H and O–H groups in total. The first-order valence-corrected chi connectivity index (χ1v) is 5.88. The van der Waals surface area contributed by atoms with E-state index in [1.54, 1.807) is 18.2 Å². The van der Waals surface area contributed by atoms with E-state index in [-0.39, 0.29) is 11.9 Å². The standard InChI is InChI=1S/C11H14O3.C2H6/c1-2-13-11-5-6-14-10-4-3-8(12)7-9(10)11;1-2/h3-4,7,11-12H,2,5-6H2,1H3;1-2H3. The molecule has 1 aliphatic heterocycles. The zero-order valence-electron chi connectivity index (χ0n) is 10.2. The highest BCUT2D eigenvalue weighted by Gasteiger charge is 2.21. The molecule has 0 fully saturated rings. The van der Waals surface area contributed by atoms with Gasteiger partial charge in [-0.05, 0) is 25.1 Å². The van der Waals surface area contributed by atoms with Crippen LogP contribution in [-0.2, 0) is 4.74 Å². The number of hydrogen-bond donors (Lipinski definition) is 1. The lowest BCUT2D eigenvalue weighted by molar-refractivity contribution is 0.0317. The number of ether oxygens (including phenoxy) is 2. The molecule has 3 heteroatoms. The lowest BCUT2D eigenvalue weighted by atomic mass is 10.0. The number of benzene rings is 1. The molecule has 0 aliphatic carbocycles. The summed E-state index contributed by atoms with van der Waals surface area (Å²) in [5.41, 5.74) is 0.957. The zero-order chi connectivity index (χ0) is 12.0. The van der Waals surface area contributed by atoms with Gasteiger partial charge in [-0.15, -0.1) is 0 Å². The minimum absolute atomic E-state index is 0.0656. The van der Waals surface area contributed by atoms with Crippen molar-refractivity contribution in [1.82, 2.24) is 0 Å². The van der Waals surface area contributed by atoms with E-state index in [2.05, 4.69) is 0 Å². The van der Waals surface area contributed by atoms with Gasteiger partial charge >= 0.3 is 0 Å². The first-order valence-electron chi connectivity index (χ1n) is 5.88. The summed E-state index contributed by atoms with van der Waals surface area (Å²) in [7, 11) is 0. The monoisotopic (exact) mass is 224 g/mol. The number of rotatable bonds is 2. The third kappa shape index (κ3) is 2.89.